The second-order valence-electron chi connectivity index (χ2n) is 6.20. The number of quaternary nitrogens is 1. The van der Waals surface area contributed by atoms with Crippen LogP contribution in [0.3, 0.4) is 0 Å². The first-order valence-electron chi connectivity index (χ1n) is 8.97. The molecule has 28 heavy (non-hydrogen) atoms. The number of carbonyl (C=O) groups excluding carboxylic acids is 4. The molecule has 0 aromatic heterocycles. The summed E-state index contributed by atoms with van der Waals surface area (Å²) >= 11 is 0. The van der Waals surface area contributed by atoms with Gasteiger partial charge < -0.3 is 0 Å². The molecule has 12 heteroatoms. The molecule has 0 rings (SSSR count). The first-order chi connectivity index (χ1) is 12.4. The van der Waals surface area contributed by atoms with Gasteiger partial charge >= 0.3 is 56.6 Å². The van der Waals surface area contributed by atoms with Gasteiger partial charge in [-0.3, -0.25) is 0 Å². The van der Waals surface area contributed by atoms with Crippen molar-refractivity contribution in [3.63, 3.8) is 0 Å². The molecule has 0 aliphatic heterocycles. The van der Waals surface area contributed by atoms with Gasteiger partial charge in [0.1, 0.15) is 0 Å². The minimum absolute atomic E-state index is 0.0698. The van der Waals surface area contributed by atoms with Crippen LogP contribution in [0.1, 0.15) is 79.1 Å². The fourth-order valence-corrected chi connectivity index (χ4v) is 2.36. The number of amides is 4. The van der Waals surface area contributed by atoms with Gasteiger partial charge in [-0.1, -0.05) is 32.2 Å². The Kier molecular flexibility index (Phi) is 10.2. The second-order valence-corrected chi connectivity index (χ2v) is 8.12. The van der Waals surface area contributed by atoms with Crippen molar-refractivity contribution >= 4 is 31.4 Å². The number of hydrogen-bond acceptors (Lipinski definition) is 4. The fraction of sp³-hybridized carbons (Fsp3) is 0.750. The van der Waals surface area contributed by atoms with Crippen LogP contribution in [0.15, 0.2) is 0 Å². The van der Waals surface area contributed by atoms with Crippen molar-refractivity contribution in [2.24, 2.45) is 0 Å². The molecular formula is C16H28F6NO4P. The average Bonchev–Trinajstić information content (AvgIpc) is 2.45. The van der Waals surface area contributed by atoms with Crippen LogP contribution in [-0.4, -0.2) is 28.1 Å². The zero-order valence-electron chi connectivity index (χ0n) is 16.5. The van der Waals surface area contributed by atoms with Crippen LogP contribution in [0.2, 0.25) is 0 Å². The van der Waals surface area contributed by atoms with Gasteiger partial charge in [-0.25, -0.2) is 19.2 Å². The van der Waals surface area contributed by atoms with Crippen LogP contribution in [0.4, 0.5) is 25.2 Å². The van der Waals surface area contributed by atoms with E-state index in [9.17, 15) is 44.4 Å². The van der Waals surface area contributed by atoms with Crippen molar-refractivity contribution in [2.45, 2.75) is 79.1 Å². The summed E-state index contributed by atoms with van der Waals surface area (Å²) in [5.41, 5.74) is 0. The van der Waals surface area contributed by atoms with Gasteiger partial charge in [0, 0.05) is 0 Å². The molecule has 0 N–H and O–H groups in total. The SMILES string of the molecule is CCCC(=O)[N+](C(=O)CCC)(C(=O)CCC)C(=O)CCC.F[P-](F)(F)(F)(F)F. The van der Waals surface area contributed by atoms with Gasteiger partial charge in [0.05, 0.1) is 25.7 Å². The van der Waals surface area contributed by atoms with E-state index in [1.807, 2.05) is 0 Å². The Bertz CT molecular complexity index is 500. The van der Waals surface area contributed by atoms with Crippen molar-refractivity contribution in [1.82, 2.24) is 0 Å². The van der Waals surface area contributed by atoms with E-state index in [0.717, 1.165) is 0 Å². The monoisotopic (exact) mass is 443 g/mol. The molecule has 4 amide bonds. The Morgan fingerprint density at radius 2 is 0.679 bits per heavy atom. The van der Waals surface area contributed by atoms with E-state index in [1.165, 1.54) is 0 Å². The van der Waals surface area contributed by atoms with E-state index in [1.54, 1.807) is 27.7 Å². The van der Waals surface area contributed by atoms with Crippen LogP contribution in [0.5, 0.6) is 0 Å². The Labute approximate surface area is 160 Å². The minimum atomic E-state index is -10.7. The first-order valence-corrected chi connectivity index (χ1v) is 11.0. The zero-order chi connectivity index (χ0) is 22.9. The molecule has 0 aromatic rings. The number of hydrogen-bond donors (Lipinski definition) is 0. The summed E-state index contributed by atoms with van der Waals surface area (Å²) in [6, 6.07) is 0. The predicted octanol–water partition coefficient (Wildman–Crippen LogP) is 6.49. The van der Waals surface area contributed by atoms with Crippen molar-refractivity contribution in [1.29, 1.82) is 0 Å². The molecule has 0 aliphatic carbocycles. The third kappa shape index (κ3) is 11.5. The summed E-state index contributed by atoms with van der Waals surface area (Å²) in [4.78, 5) is 50.1. The number of imide groups is 6. The molecule has 0 fully saturated rings. The van der Waals surface area contributed by atoms with E-state index >= 15 is 0 Å². The second kappa shape index (κ2) is 9.91. The number of nitrogens with zero attached hydrogens (tertiary/aromatic N) is 1. The molecule has 0 spiro atoms. The Balaban J connectivity index is 0. The van der Waals surface area contributed by atoms with E-state index in [0.29, 0.717) is 25.7 Å². The molecule has 5 nitrogen and oxygen atoms in total. The van der Waals surface area contributed by atoms with Gasteiger partial charge in [0.2, 0.25) is 0 Å². The van der Waals surface area contributed by atoms with Crippen molar-refractivity contribution in [2.75, 3.05) is 0 Å². The van der Waals surface area contributed by atoms with Crippen LogP contribution >= 0.6 is 7.81 Å². The van der Waals surface area contributed by atoms with Gasteiger partial charge in [0.15, 0.2) is 0 Å². The van der Waals surface area contributed by atoms with Gasteiger partial charge in [0.25, 0.3) is 0 Å². The quantitative estimate of drug-likeness (QED) is 0.244. The van der Waals surface area contributed by atoms with E-state index in [-0.39, 0.29) is 25.7 Å². The summed E-state index contributed by atoms with van der Waals surface area (Å²) in [6.45, 7) is 7.19. The molecule has 0 radical (unpaired) electrons. The predicted molar refractivity (Wildman–Crippen MR) is 93.5 cm³/mol. The fourth-order valence-electron chi connectivity index (χ4n) is 2.36. The van der Waals surface area contributed by atoms with Crippen LogP contribution in [0, 0.1) is 0 Å². The first kappa shape index (κ1) is 28.9. The van der Waals surface area contributed by atoms with Gasteiger partial charge in [-0.2, -0.15) is 0 Å². The maximum absolute atomic E-state index is 12.5. The third-order valence-electron chi connectivity index (χ3n) is 3.35. The molecule has 0 heterocycles. The van der Waals surface area contributed by atoms with Crippen LogP contribution in [0.25, 0.3) is 0 Å². The average molecular weight is 443 g/mol. The standard InChI is InChI=1S/C16H28NO4.F6P/c1-5-9-13(18)17(14(19)10-6-2,15(20)11-7-3)16(21)12-8-4;1-7(2,3,4,5)6/h5-12H2,1-4H3;/q+1;-1. The number of halogens is 6. The molecule has 0 atom stereocenters. The van der Waals surface area contributed by atoms with Gasteiger partial charge in [-0.05, 0) is 25.7 Å². The molecule has 0 saturated carbocycles. The molecule has 0 aliphatic rings. The summed E-state index contributed by atoms with van der Waals surface area (Å²) in [6.07, 6.45) is 2.32. The molecule has 0 bridgehead atoms. The topological polar surface area (TPSA) is 68.3 Å². The molecule has 0 unspecified atom stereocenters. The summed E-state index contributed by atoms with van der Waals surface area (Å²) < 4.78 is 58.0. The molecule has 0 aromatic carbocycles. The van der Waals surface area contributed by atoms with E-state index in [4.69, 9.17) is 0 Å². The third-order valence-corrected chi connectivity index (χ3v) is 3.35. The van der Waals surface area contributed by atoms with E-state index in [2.05, 4.69) is 0 Å². The molecular weight excluding hydrogens is 415 g/mol. The van der Waals surface area contributed by atoms with Crippen molar-refractivity contribution in [3.05, 3.63) is 0 Å². The zero-order valence-corrected chi connectivity index (χ0v) is 17.3. The van der Waals surface area contributed by atoms with Crippen molar-refractivity contribution in [3.8, 4) is 0 Å². The van der Waals surface area contributed by atoms with E-state index < -0.39 is 35.9 Å². The summed E-state index contributed by atoms with van der Waals surface area (Å²) in [5.74, 6) is -2.25. The Hall–Kier alpha value is -1.35. The maximum atomic E-state index is 12.5. The molecule has 0 saturated heterocycles. The van der Waals surface area contributed by atoms with Gasteiger partial charge in [-0.15, -0.1) is 0 Å². The van der Waals surface area contributed by atoms with Crippen molar-refractivity contribution < 1.29 is 48.8 Å². The normalized spacial score (nSPS) is 14.2. The number of rotatable bonds is 8. The molecule has 168 valence electrons. The van der Waals surface area contributed by atoms with Crippen LogP contribution < -0.4 is 0 Å². The summed E-state index contributed by atoms with van der Waals surface area (Å²) in [7, 11) is -10.7. The Morgan fingerprint density at radius 3 is 0.786 bits per heavy atom. The van der Waals surface area contributed by atoms with Crippen LogP contribution in [-0.2, 0) is 19.2 Å². The Morgan fingerprint density at radius 1 is 0.536 bits per heavy atom. The number of carbonyl (C=O) groups is 4. The summed E-state index contributed by atoms with van der Waals surface area (Å²) in [5, 5.41) is 0.